The van der Waals surface area contributed by atoms with Crippen LogP contribution in [-0.4, -0.2) is 41.5 Å². The van der Waals surface area contributed by atoms with E-state index in [4.69, 9.17) is 9.47 Å². The Labute approximate surface area is 171 Å². The van der Waals surface area contributed by atoms with Crippen molar-refractivity contribution in [3.05, 3.63) is 34.9 Å². The molecule has 0 saturated carbocycles. The molecule has 1 aromatic heterocycles. The molecule has 1 saturated heterocycles. The zero-order valence-corrected chi connectivity index (χ0v) is 17.2. The lowest BCUT2D eigenvalue weighted by Gasteiger charge is -2.17. The van der Waals surface area contributed by atoms with Gasteiger partial charge in [-0.25, -0.2) is 4.98 Å². The van der Waals surface area contributed by atoms with Crippen molar-refractivity contribution in [2.75, 3.05) is 30.0 Å². The Morgan fingerprint density at radius 1 is 1.32 bits per heavy atom. The molecule has 1 N–H and O–H groups in total. The van der Waals surface area contributed by atoms with Crippen LogP contribution in [0.4, 0.5) is 11.4 Å². The average Bonchev–Trinajstić information content (AvgIpc) is 3.06. The van der Waals surface area contributed by atoms with Crippen molar-refractivity contribution in [2.24, 2.45) is 5.92 Å². The number of hydrogen-bond acceptors (Lipinski definition) is 6. The van der Waals surface area contributed by atoms with E-state index in [1.54, 1.807) is 4.90 Å². The minimum Gasteiger partial charge on any atom is -0.476 e. The third-order valence-corrected chi connectivity index (χ3v) is 4.65. The van der Waals surface area contributed by atoms with Gasteiger partial charge in [-0.05, 0) is 32.0 Å². The van der Waals surface area contributed by atoms with Gasteiger partial charge in [0.15, 0.2) is 0 Å². The molecule has 8 nitrogen and oxygen atoms in total. The molecule has 1 aromatic carbocycles. The highest BCUT2D eigenvalue weighted by molar-refractivity contribution is 9.10. The van der Waals surface area contributed by atoms with Gasteiger partial charge >= 0.3 is 6.01 Å². The topological polar surface area (TPSA) is 93.6 Å². The van der Waals surface area contributed by atoms with E-state index < -0.39 is 5.92 Å². The highest BCUT2D eigenvalue weighted by Gasteiger charge is 2.35. The van der Waals surface area contributed by atoms with Crippen molar-refractivity contribution in [3.8, 4) is 11.9 Å². The van der Waals surface area contributed by atoms with Gasteiger partial charge in [-0.3, -0.25) is 9.59 Å². The van der Waals surface area contributed by atoms with Gasteiger partial charge in [0.05, 0.1) is 25.3 Å². The fourth-order valence-electron chi connectivity index (χ4n) is 2.89. The number of hydrogen-bond donors (Lipinski definition) is 1. The fourth-order valence-corrected chi connectivity index (χ4v) is 3.28. The molecule has 9 heteroatoms. The Bertz CT molecular complexity index is 877. The number of halogens is 1. The van der Waals surface area contributed by atoms with Gasteiger partial charge in [0.25, 0.3) is 0 Å². The number of ether oxygens (including phenoxy) is 2. The molecule has 2 amide bonds. The summed E-state index contributed by atoms with van der Waals surface area (Å²) in [6.45, 7) is 4.76. The second-order valence-corrected chi connectivity index (χ2v) is 7.03. The van der Waals surface area contributed by atoms with Crippen LogP contribution < -0.4 is 19.7 Å². The zero-order chi connectivity index (χ0) is 20.1. The zero-order valence-electron chi connectivity index (χ0n) is 15.6. The van der Waals surface area contributed by atoms with Gasteiger partial charge in [0, 0.05) is 23.1 Å². The predicted molar refractivity (Wildman–Crippen MR) is 108 cm³/mol. The number of carbonyl (C=O) groups is 2. The highest BCUT2D eigenvalue weighted by Crippen LogP contribution is 2.29. The van der Waals surface area contributed by atoms with E-state index in [0.717, 1.165) is 10.2 Å². The number of amides is 2. The molecule has 2 heterocycles. The lowest BCUT2D eigenvalue weighted by Crippen LogP contribution is -2.28. The van der Waals surface area contributed by atoms with Crippen LogP contribution in [0.1, 0.15) is 20.3 Å². The van der Waals surface area contributed by atoms with Gasteiger partial charge in [-0.1, -0.05) is 22.0 Å². The molecule has 0 radical (unpaired) electrons. The number of nitrogens with one attached hydrogen (secondary N) is 1. The van der Waals surface area contributed by atoms with Gasteiger partial charge in [-0.15, -0.1) is 0 Å². The summed E-state index contributed by atoms with van der Waals surface area (Å²) >= 11 is 3.40. The van der Waals surface area contributed by atoms with E-state index in [0.29, 0.717) is 25.4 Å². The second kappa shape index (κ2) is 9.01. The summed E-state index contributed by atoms with van der Waals surface area (Å²) in [7, 11) is 0. The lowest BCUT2D eigenvalue weighted by atomic mass is 10.1. The molecule has 0 aliphatic carbocycles. The van der Waals surface area contributed by atoms with E-state index in [1.165, 1.54) is 6.20 Å². The minimum atomic E-state index is -0.479. The first-order valence-corrected chi connectivity index (χ1v) is 9.80. The first-order chi connectivity index (χ1) is 13.5. The largest absolute Gasteiger partial charge is 0.476 e. The maximum atomic E-state index is 12.7. The van der Waals surface area contributed by atoms with Crippen LogP contribution in [0.2, 0.25) is 0 Å². The third-order valence-electron chi connectivity index (χ3n) is 4.16. The summed E-state index contributed by atoms with van der Waals surface area (Å²) in [6, 6.07) is 7.62. The number of aromatic nitrogens is 2. The Morgan fingerprint density at radius 2 is 2.11 bits per heavy atom. The molecule has 3 rings (SSSR count). The summed E-state index contributed by atoms with van der Waals surface area (Å²) in [6.07, 6.45) is 1.59. The first kappa shape index (κ1) is 20.1. The third kappa shape index (κ3) is 4.59. The molecule has 1 unspecified atom stereocenters. The predicted octanol–water partition coefficient (Wildman–Crippen LogP) is 3.03. The quantitative estimate of drug-likeness (QED) is 0.699. The van der Waals surface area contributed by atoms with Crippen LogP contribution in [0.5, 0.6) is 11.9 Å². The smallest absolute Gasteiger partial charge is 0.319 e. The van der Waals surface area contributed by atoms with Crippen molar-refractivity contribution < 1.29 is 19.1 Å². The normalized spacial score (nSPS) is 16.2. The van der Waals surface area contributed by atoms with Crippen LogP contribution >= 0.6 is 15.9 Å². The van der Waals surface area contributed by atoms with E-state index in [9.17, 15) is 9.59 Å². The molecule has 148 valence electrons. The SMILES string of the molecule is CCOc1ncc(NC(=O)C2CC(=O)N(c3cccc(Br)c3)C2)c(OCC)n1. The maximum Gasteiger partial charge on any atom is 0.319 e. The fraction of sp³-hybridized carbons (Fsp3) is 0.368. The van der Waals surface area contributed by atoms with Gasteiger partial charge < -0.3 is 19.7 Å². The summed E-state index contributed by atoms with van der Waals surface area (Å²) in [5.74, 6) is -0.610. The lowest BCUT2D eigenvalue weighted by molar-refractivity contribution is -0.122. The molecule has 1 fully saturated rings. The van der Waals surface area contributed by atoms with Crippen LogP contribution in [0.15, 0.2) is 34.9 Å². The first-order valence-electron chi connectivity index (χ1n) is 9.01. The van der Waals surface area contributed by atoms with E-state index in [2.05, 4.69) is 31.2 Å². The molecule has 1 atom stereocenters. The van der Waals surface area contributed by atoms with E-state index >= 15 is 0 Å². The van der Waals surface area contributed by atoms with E-state index in [-0.39, 0.29) is 30.1 Å². The molecule has 1 aliphatic rings. The number of carbonyl (C=O) groups excluding carboxylic acids is 2. The Kier molecular flexibility index (Phi) is 6.45. The van der Waals surface area contributed by atoms with Crippen molar-refractivity contribution >= 4 is 39.1 Å². The molecule has 1 aliphatic heterocycles. The van der Waals surface area contributed by atoms with Crippen molar-refractivity contribution in [1.82, 2.24) is 9.97 Å². The summed E-state index contributed by atoms with van der Waals surface area (Å²) in [5.41, 5.74) is 1.11. The van der Waals surface area contributed by atoms with Crippen molar-refractivity contribution in [1.29, 1.82) is 0 Å². The summed E-state index contributed by atoms with van der Waals surface area (Å²) in [5, 5.41) is 2.78. The number of nitrogens with zero attached hydrogens (tertiary/aromatic N) is 3. The van der Waals surface area contributed by atoms with Crippen molar-refractivity contribution in [2.45, 2.75) is 20.3 Å². The second-order valence-electron chi connectivity index (χ2n) is 6.11. The van der Waals surface area contributed by atoms with E-state index in [1.807, 2.05) is 38.1 Å². The number of benzene rings is 1. The Morgan fingerprint density at radius 3 is 2.82 bits per heavy atom. The van der Waals surface area contributed by atoms with Crippen LogP contribution in [0.3, 0.4) is 0 Å². The molecular formula is C19H21BrN4O4. The van der Waals surface area contributed by atoms with Crippen LogP contribution in [0.25, 0.3) is 0 Å². The average molecular weight is 449 g/mol. The molecule has 0 bridgehead atoms. The van der Waals surface area contributed by atoms with Crippen molar-refractivity contribution in [3.63, 3.8) is 0 Å². The van der Waals surface area contributed by atoms with Crippen LogP contribution in [-0.2, 0) is 9.59 Å². The Balaban J connectivity index is 1.72. The maximum absolute atomic E-state index is 12.7. The molecule has 28 heavy (non-hydrogen) atoms. The highest BCUT2D eigenvalue weighted by atomic mass is 79.9. The molecule has 2 aromatic rings. The van der Waals surface area contributed by atoms with Gasteiger partial charge in [0.2, 0.25) is 17.7 Å². The standard InChI is InChI=1S/C19H21BrN4O4/c1-3-27-18-15(10-21-19(23-18)28-4-2)22-17(26)12-8-16(25)24(11-12)14-7-5-6-13(20)9-14/h5-7,9-10,12H,3-4,8,11H2,1-2H3,(H,22,26). The molecular weight excluding hydrogens is 428 g/mol. The number of anilines is 2. The number of rotatable bonds is 7. The summed E-state index contributed by atoms with van der Waals surface area (Å²) < 4.78 is 11.6. The van der Waals surface area contributed by atoms with Gasteiger partial charge in [0.1, 0.15) is 5.69 Å². The molecule has 0 spiro atoms. The Hall–Kier alpha value is -2.68. The summed E-state index contributed by atoms with van der Waals surface area (Å²) in [4.78, 5) is 35.0. The van der Waals surface area contributed by atoms with Gasteiger partial charge in [-0.2, -0.15) is 4.98 Å². The van der Waals surface area contributed by atoms with Crippen LogP contribution in [0, 0.1) is 5.92 Å². The minimum absolute atomic E-state index is 0.0915. The monoisotopic (exact) mass is 448 g/mol.